The molecule has 0 unspecified atom stereocenters. The van der Waals surface area contributed by atoms with Crippen molar-refractivity contribution in [2.24, 2.45) is 0 Å². The van der Waals surface area contributed by atoms with Gasteiger partial charge >= 0.3 is 0 Å². The predicted octanol–water partition coefficient (Wildman–Crippen LogP) is 2.19. The molecule has 0 fully saturated rings. The SMILES string of the molecule is CCN(CC)CCNCCn1nc(C)c(Br)c1C. The summed E-state index contributed by atoms with van der Waals surface area (Å²) in [7, 11) is 0. The number of aromatic nitrogens is 2. The molecule has 1 aromatic heterocycles. The van der Waals surface area contributed by atoms with Crippen LogP contribution in [0, 0.1) is 13.8 Å². The lowest BCUT2D eigenvalue weighted by Gasteiger charge is -2.18. The van der Waals surface area contributed by atoms with Gasteiger partial charge in [0.1, 0.15) is 0 Å². The number of nitrogens with one attached hydrogen (secondary N) is 1. The van der Waals surface area contributed by atoms with E-state index in [2.05, 4.69) is 56.7 Å². The molecule has 18 heavy (non-hydrogen) atoms. The highest BCUT2D eigenvalue weighted by Gasteiger charge is 2.07. The van der Waals surface area contributed by atoms with E-state index in [4.69, 9.17) is 0 Å². The predicted molar refractivity (Wildman–Crippen MR) is 80.1 cm³/mol. The molecular weight excluding hydrogens is 292 g/mol. The van der Waals surface area contributed by atoms with E-state index in [0.29, 0.717) is 0 Å². The van der Waals surface area contributed by atoms with Crippen molar-refractivity contribution in [3.63, 3.8) is 0 Å². The number of aryl methyl sites for hydroxylation is 1. The maximum Gasteiger partial charge on any atom is 0.0738 e. The molecule has 5 heteroatoms. The van der Waals surface area contributed by atoms with Gasteiger partial charge in [-0.1, -0.05) is 13.8 Å². The molecule has 0 aliphatic carbocycles. The maximum atomic E-state index is 4.49. The first kappa shape index (κ1) is 15.7. The minimum atomic E-state index is 0.927. The van der Waals surface area contributed by atoms with E-state index in [1.165, 1.54) is 5.69 Å². The van der Waals surface area contributed by atoms with Gasteiger partial charge in [-0.25, -0.2) is 0 Å². The number of likely N-dealkylation sites (N-methyl/N-ethyl adjacent to an activating group) is 1. The maximum absolute atomic E-state index is 4.49. The van der Waals surface area contributed by atoms with E-state index in [1.54, 1.807) is 0 Å². The second kappa shape index (κ2) is 7.92. The van der Waals surface area contributed by atoms with Gasteiger partial charge in [-0.3, -0.25) is 4.68 Å². The standard InChI is InChI=1S/C13H25BrN4/c1-5-17(6-2)9-7-15-8-10-18-12(4)13(14)11(3)16-18/h15H,5-10H2,1-4H3. The molecule has 0 aromatic carbocycles. The molecule has 1 N–H and O–H groups in total. The summed E-state index contributed by atoms with van der Waals surface area (Å²) in [5.41, 5.74) is 2.27. The van der Waals surface area contributed by atoms with E-state index < -0.39 is 0 Å². The zero-order valence-electron chi connectivity index (χ0n) is 12.0. The second-order valence-electron chi connectivity index (χ2n) is 4.48. The molecule has 0 bridgehead atoms. The second-order valence-corrected chi connectivity index (χ2v) is 5.28. The van der Waals surface area contributed by atoms with Gasteiger partial charge in [0.2, 0.25) is 0 Å². The van der Waals surface area contributed by atoms with Gasteiger partial charge in [0.15, 0.2) is 0 Å². The van der Waals surface area contributed by atoms with E-state index in [9.17, 15) is 0 Å². The van der Waals surface area contributed by atoms with Crippen LogP contribution in [0.5, 0.6) is 0 Å². The molecule has 1 rings (SSSR count). The van der Waals surface area contributed by atoms with Crippen LogP contribution in [0.15, 0.2) is 4.47 Å². The minimum Gasteiger partial charge on any atom is -0.314 e. The summed E-state index contributed by atoms with van der Waals surface area (Å²) in [5, 5.41) is 7.97. The average molecular weight is 317 g/mol. The van der Waals surface area contributed by atoms with Crippen LogP contribution in [0.25, 0.3) is 0 Å². The highest BCUT2D eigenvalue weighted by atomic mass is 79.9. The Labute approximate surface area is 119 Å². The molecule has 0 saturated carbocycles. The highest BCUT2D eigenvalue weighted by molar-refractivity contribution is 9.10. The van der Waals surface area contributed by atoms with Crippen LogP contribution in [0.1, 0.15) is 25.2 Å². The zero-order valence-corrected chi connectivity index (χ0v) is 13.5. The first-order valence-electron chi connectivity index (χ1n) is 6.72. The zero-order chi connectivity index (χ0) is 13.5. The number of halogens is 1. The Morgan fingerprint density at radius 2 is 1.89 bits per heavy atom. The molecule has 0 spiro atoms. The molecular formula is C13H25BrN4. The first-order chi connectivity index (χ1) is 8.60. The van der Waals surface area contributed by atoms with Crippen LogP contribution in [0.4, 0.5) is 0 Å². The van der Waals surface area contributed by atoms with E-state index in [-0.39, 0.29) is 0 Å². The van der Waals surface area contributed by atoms with Gasteiger partial charge in [-0.15, -0.1) is 0 Å². The number of hydrogen-bond donors (Lipinski definition) is 1. The topological polar surface area (TPSA) is 33.1 Å². The van der Waals surface area contributed by atoms with Crippen LogP contribution in [-0.2, 0) is 6.54 Å². The molecule has 4 nitrogen and oxygen atoms in total. The Kier molecular flexibility index (Phi) is 6.89. The van der Waals surface area contributed by atoms with E-state index >= 15 is 0 Å². The lowest BCUT2D eigenvalue weighted by Crippen LogP contribution is -2.33. The molecule has 0 aliphatic rings. The van der Waals surface area contributed by atoms with Crippen LogP contribution in [0.3, 0.4) is 0 Å². The van der Waals surface area contributed by atoms with Crippen molar-refractivity contribution < 1.29 is 0 Å². The fourth-order valence-corrected chi connectivity index (χ4v) is 2.26. The Bertz CT molecular complexity index is 358. The number of rotatable bonds is 8. The van der Waals surface area contributed by atoms with Crippen LogP contribution < -0.4 is 5.32 Å². The van der Waals surface area contributed by atoms with Crippen LogP contribution in [0.2, 0.25) is 0 Å². The lowest BCUT2D eigenvalue weighted by atomic mass is 10.4. The third kappa shape index (κ3) is 4.37. The molecule has 0 atom stereocenters. The van der Waals surface area contributed by atoms with E-state index in [0.717, 1.165) is 49.4 Å². The average Bonchev–Trinajstić information content (AvgIpc) is 2.61. The molecule has 0 saturated heterocycles. The van der Waals surface area contributed by atoms with Crippen molar-refractivity contribution in [2.75, 3.05) is 32.7 Å². The fourth-order valence-electron chi connectivity index (χ4n) is 1.98. The Balaban J connectivity index is 2.24. The summed E-state index contributed by atoms with van der Waals surface area (Å²) < 4.78 is 3.19. The molecule has 0 radical (unpaired) electrons. The van der Waals surface area contributed by atoms with Crippen molar-refractivity contribution in [3.05, 3.63) is 15.9 Å². The molecule has 104 valence electrons. The Morgan fingerprint density at radius 1 is 1.22 bits per heavy atom. The van der Waals surface area contributed by atoms with Crippen LogP contribution >= 0.6 is 15.9 Å². The van der Waals surface area contributed by atoms with E-state index in [1.807, 2.05) is 6.92 Å². The Morgan fingerprint density at radius 3 is 2.39 bits per heavy atom. The van der Waals surface area contributed by atoms with Gasteiger partial charge in [0.25, 0.3) is 0 Å². The normalized spacial score (nSPS) is 11.4. The van der Waals surface area contributed by atoms with Crippen molar-refractivity contribution in [3.8, 4) is 0 Å². The Hall–Kier alpha value is -0.390. The molecule has 0 aliphatic heterocycles. The van der Waals surface area contributed by atoms with Gasteiger partial charge in [0, 0.05) is 25.3 Å². The van der Waals surface area contributed by atoms with Gasteiger partial charge in [0.05, 0.1) is 16.7 Å². The summed E-state index contributed by atoms with van der Waals surface area (Å²) in [4.78, 5) is 2.42. The number of nitrogens with zero attached hydrogens (tertiary/aromatic N) is 3. The largest absolute Gasteiger partial charge is 0.314 e. The summed E-state index contributed by atoms with van der Waals surface area (Å²) in [6, 6.07) is 0. The number of hydrogen-bond acceptors (Lipinski definition) is 3. The molecule has 1 aromatic rings. The van der Waals surface area contributed by atoms with Gasteiger partial charge in [-0.05, 0) is 42.9 Å². The quantitative estimate of drug-likeness (QED) is 0.746. The molecule has 0 amide bonds. The highest BCUT2D eigenvalue weighted by Crippen LogP contribution is 2.19. The monoisotopic (exact) mass is 316 g/mol. The third-order valence-corrected chi connectivity index (χ3v) is 4.44. The fraction of sp³-hybridized carbons (Fsp3) is 0.769. The minimum absolute atomic E-state index is 0.927. The summed E-state index contributed by atoms with van der Waals surface area (Å²) in [6.45, 7) is 14.8. The summed E-state index contributed by atoms with van der Waals surface area (Å²) in [6.07, 6.45) is 0. The van der Waals surface area contributed by atoms with Crippen molar-refractivity contribution in [1.29, 1.82) is 0 Å². The van der Waals surface area contributed by atoms with Gasteiger partial charge in [-0.2, -0.15) is 5.10 Å². The summed E-state index contributed by atoms with van der Waals surface area (Å²) in [5.74, 6) is 0. The molecule has 1 heterocycles. The van der Waals surface area contributed by atoms with Crippen LogP contribution in [-0.4, -0.2) is 47.4 Å². The lowest BCUT2D eigenvalue weighted by molar-refractivity contribution is 0.301. The third-order valence-electron chi connectivity index (χ3n) is 3.29. The van der Waals surface area contributed by atoms with Crippen molar-refractivity contribution in [1.82, 2.24) is 20.0 Å². The van der Waals surface area contributed by atoms with Crippen molar-refractivity contribution >= 4 is 15.9 Å². The first-order valence-corrected chi connectivity index (χ1v) is 7.52. The smallest absolute Gasteiger partial charge is 0.0738 e. The summed E-state index contributed by atoms with van der Waals surface area (Å²) >= 11 is 3.55. The van der Waals surface area contributed by atoms with Crippen molar-refractivity contribution in [2.45, 2.75) is 34.2 Å². The van der Waals surface area contributed by atoms with Gasteiger partial charge < -0.3 is 10.2 Å².